The summed E-state index contributed by atoms with van der Waals surface area (Å²) in [4.78, 5) is 21.3. The standard InChI is InChI=1S/C10H16O4/c11-9(12)6-5-8(10(13)14)7-3-1-2-4-7/h7-8H,1-6H2,(H,11,12)(H,13,14). The van der Waals surface area contributed by atoms with Gasteiger partial charge in [0.25, 0.3) is 0 Å². The van der Waals surface area contributed by atoms with Crippen LogP contribution in [0.25, 0.3) is 0 Å². The molecule has 1 aliphatic carbocycles. The van der Waals surface area contributed by atoms with Crippen molar-refractivity contribution < 1.29 is 19.8 Å². The van der Waals surface area contributed by atoms with Gasteiger partial charge in [-0.1, -0.05) is 12.8 Å². The minimum atomic E-state index is -0.908. The van der Waals surface area contributed by atoms with E-state index < -0.39 is 17.9 Å². The van der Waals surface area contributed by atoms with Crippen LogP contribution in [-0.4, -0.2) is 22.2 Å². The highest BCUT2D eigenvalue weighted by atomic mass is 16.4. The summed E-state index contributed by atoms with van der Waals surface area (Å²) in [6, 6.07) is 0. The third-order valence-corrected chi connectivity index (χ3v) is 2.96. The summed E-state index contributed by atoms with van der Waals surface area (Å²) < 4.78 is 0. The number of rotatable bonds is 5. The predicted molar refractivity (Wildman–Crippen MR) is 50.0 cm³/mol. The summed E-state index contributed by atoms with van der Waals surface area (Å²) in [7, 11) is 0. The Morgan fingerprint density at radius 1 is 1.21 bits per heavy atom. The maximum absolute atomic E-state index is 10.9. The van der Waals surface area contributed by atoms with Crippen LogP contribution in [0.1, 0.15) is 38.5 Å². The van der Waals surface area contributed by atoms with Gasteiger partial charge < -0.3 is 10.2 Å². The molecule has 1 fully saturated rings. The SMILES string of the molecule is O=C(O)CCC(C(=O)O)C1CCCC1. The molecule has 0 bridgehead atoms. The molecule has 1 saturated carbocycles. The molecule has 0 aromatic heterocycles. The Hall–Kier alpha value is -1.06. The molecular formula is C10H16O4. The first-order chi connectivity index (χ1) is 6.61. The summed E-state index contributed by atoms with van der Waals surface area (Å²) in [6.07, 6.45) is 4.29. The van der Waals surface area contributed by atoms with Crippen molar-refractivity contribution >= 4 is 11.9 Å². The van der Waals surface area contributed by atoms with Gasteiger partial charge in [0.15, 0.2) is 0 Å². The maximum atomic E-state index is 10.9. The van der Waals surface area contributed by atoms with Gasteiger partial charge in [0.1, 0.15) is 0 Å². The average Bonchev–Trinajstić information content (AvgIpc) is 2.56. The molecule has 1 atom stereocenters. The Bertz CT molecular complexity index is 218. The van der Waals surface area contributed by atoms with Crippen molar-refractivity contribution in [3.63, 3.8) is 0 Å². The van der Waals surface area contributed by atoms with Crippen molar-refractivity contribution in [3.8, 4) is 0 Å². The molecule has 1 rings (SSSR count). The van der Waals surface area contributed by atoms with E-state index in [1.165, 1.54) is 0 Å². The summed E-state index contributed by atoms with van der Waals surface area (Å²) in [6.45, 7) is 0. The van der Waals surface area contributed by atoms with Crippen LogP contribution in [-0.2, 0) is 9.59 Å². The minimum Gasteiger partial charge on any atom is -0.481 e. The highest BCUT2D eigenvalue weighted by Gasteiger charge is 2.30. The van der Waals surface area contributed by atoms with Crippen LogP contribution in [0.3, 0.4) is 0 Å². The zero-order chi connectivity index (χ0) is 10.6. The maximum Gasteiger partial charge on any atom is 0.306 e. The summed E-state index contributed by atoms with van der Waals surface area (Å²) in [5, 5.41) is 17.4. The minimum absolute atomic E-state index is 0.0343. The molecule has 0 heterocycles. The highest BCUT2D eigenvalue weighted by Crippen LogP contribution is 2.33. The fourth-order valence-corrected chi connectivity index (χ4v) is 2.20. The molecule has 0 aliphatic heterocycles. The van der Waals surface area contributed by atoms with E-state index in [0.29, 0.717) is 0 Å². The third kappa shape index (κ3) is 3.01. The average molecular weight is 200 g/mol. The van der Waals surface area contributed by atoms with Crippen molar-refractivity contribution in [2.75, 3.05) is 0 Å². The monoisotopic (exact) mass is 200 g/mol. The Morgan fingerprint density at radius 3 is 2.21 bits per heavy atom. The molecule has 0 amide bonds. The van der Waals surface area contributed by atoms with Crippen LogP contribution in [0.4, 0.5) is 0 Å². The second-order valence-electron chi connectivity index (χ2n) is 3.92. The van der Waals surface area contributed by atoms with Crippen LogP contribution in [0.2, 0.25) is 0 Å². The van der Waals surface area contributed by atoms with E-state index in [1.807, 2.05) is 0 Å². The molecule has 4 nitrogen and oxygen atoms in total. The lowest BCUT2D eigenvalue weighted by atomic mass is 9.87. The first-order valence-corrected chi connectivity index (χ1v) is 5.06. The van der Waals surface area contributed by atoms with Crippen LogP contribution >= 0.6 is 0 Å². The van der Waals surface area contributed by atoms with Gasteiger partial charge in [-0.15, -0.1) is 0 Å². The van der Waals surface area contributed by atoms with Crippen molar-refractivity contribution in [2.45, 2.75) is 38.5 Å². The van der Waals surface area contributed by atoms with Gasteiger partial charge in [-0.05, 0) is 25.2 Å². The summed E-state index contributed by atoms with van der Waals surface area (Å²) >= 11 is 0. The van der Waals surface area contributed by atoms with E-state index in [-0.39, 0.29) is 18.8 Å². The molecule has 0 aromatic carbocycles. The Kier molecular flexibility index (Phi) is 3.92. The van der Waals surface area contributed by atoms with Crippen LogP contribution < -0.4 is 0 Å². The van der Waals surface area contributed by atoms with Crippen LogP contribution in [0, 0.1) is 11.8 Å². The lowest BCUT2D eigenvalue weighted by molar-refractivity contribution is -0.144. The lowest BCUT2D eigenvalue weighted by Crippen LogP contribution is -2.22. The Morgan fingerprint density at radius 2 is 1.79 bits per heavy atom. The molecule has 1 unspecified atom stereocenters. The fraction of sp³-hybridized carbons (Fsp3) is 0.800. The Labute approximate surface area is 82.9 Å². The highest BCUT2D eigenvalue weighted by molar-refractivity contribution is 5.72. The van der Waals surface area contributed by atoms with Gasteiger partial charge in [-0.3, -0.25) is 9.59 Å². The molecule has 2 N–H and O–H groups in total. The van der Waals surface area contributed by atoms with E-state index in [1.54, 1.807) is 0 Å². The molecule has 0 saturated heterocycles. The van der Waals surface area contributed by atoms with E-state index >= 15 is 0 Å². The molecule has 1 aliphatic rings. The van der Waals surface area contributed by atoms with Gasteiger partial charge in [0.05, 0.1) is 5.92 Å². The van der Waals surface area contributed by atoms with Gasteiger partial charge in [-0.2, -0.15) is 0 Å². The van der Waals surface area contributed by atoms with E-state index in [2.05, 4.69) is 0 Å². The zero-order valence-corrected chi connectivity index (χ0v) is 8.11. The molecule has 14 heavy (non-hydrogen) atoms. The van der Waals surface area contributed by atoms with Crippen molar-refractivity contribution in [1.82, 2.24) is 0 Å². The second kappa shape index (κ2) is 4.98. The van der Waals surface area contributed by atoms with Gasteiger partial charge in [-0.25, -0.2) is 0 Å². The summed E-state index contributed by atoms with van der Waals surface area (Å²) in [5.41, 5.74) is 0. The first kappa shape index (κ1) is 11.0. The van der Waals surface area contributed by atoms with Crippen LogP contribution in [0.5, 0.6) is 0 Å². The molecule has 0 spiro atoms. The van der Waals surface area contributed by atoms with Crippen molar-refractivity contribution in [2.24, 2.45) is 11.8 Å². The normalized spacial score (nSPS) is 19.4. The zero-order valence-electron chi connectivity index (χ0n) is 8.11. The number of aliphatic carboxylic acids is 2. The quantitative estimate of drug-likeness (QED) is 0.708. The summed E-state index contributed by atoms with van der Waals surface area (Å²) in [5.74, 6) is -1.99. The van der Waals surface area contributed by atoms with Gasteiger partial charge in [0.2, 0.25) is 0 Å². The first-order valence-electron chi connectivity index (χ1n) is 5.06. The molecule has 4 heteroatoms. The van der Waals surface area contributed by atoms with Gasteiger partial charge in [0, 0.05) is 6.42 Å². The van der Waals surface area contributed by atoms with Crippen molar-refractivity contribution in [3.05, 3.63) is 0 Å². The fourth-order valence-electron chi connectivity index (χ4n) is 2.20. The number of carboxylic acid groups (broad SMARTS) is 2. The second-order valence-corrected chi connectivity index (χ2v) is 3.92. The predicted octanol–water partition coefficient (Wildman–Crippen LogP) is 1.74. The van der Waals surface area contributed by atoms with E-state index in [0.717, 1.165) is 25.7 Å². The van der Waals surface area contributed by atoms with Crippen molar-refractivity contribution in [1.29, 1.82) is 0 Å². The topological polar surface area (TPSA) is 74.6 Å². The number of carbonyl (C=O) groups is 2. The van der Waals surface area contributed by atoms with E-state index in [4.69, 9.17) is 10.2 Å². The smallest absolute Gasteiger partial charge is 0.306 e. The van der Waals surface area contributed by atoms with Crippen LogP contribution in [0.15, 0.2) is 0 Å². The molecular weight excluding hydrogens is 184 g/mol. The largest absolute Gasteiger partial charge is 0.481 e. The molecule has 80 valence electrons. The Balaban J connectivity index is 2.45. The number of hydrogen-bond donors (Lipinski definition) is 2. The van der Waals surface area contributed by atoms with Gasteiger partial charge >= 0.3 is 11.9 Å². The lowest BCUT2D eigenvalue weighted by Gasteiger charge is -2.17. The number of carboxylic acids is 2. The van der Waals surface area contributed by atoms with E-state index in [9.17, 15) is 9.59 Å². The third-order valence-electron chi connectivity index (χ3n) is 2.96. The molecule has 0 radical (unpaired) electrons. The molecule has 0 aromatic rings. The number of hydrogen-bond acceptors (Lipinski definition) is 2.